The van der Waals surface area contributed by atoms with Gasteiger partial charge in [-0.15, -0.1) is 0 Å². The molecular weight excluding hydrogens is 863 g/mol. The van der Waals surface area contributed by atoms with Crippen molar-refractivity contribution in [2.24, 2.45) is 0 Å². The van der Waals surface area contributed by atoms with Gasteiger partial charge in [-0.1, -0.05) is 293 Å². The molecule has 6 nitrogen and oxygen atoms in total. The molecule has 0 spiro atoms. The molecule has 1 rings (SSSR count). The molecule has 0 aromatic heterocycles. The third-order valence-corrected chi connectivity index (χ3v) is 17.2. The molecule has 1 aliphatic heterocycles. The van der Waals surface area contributed by atoms with Crippen molar-refractivity contribution < 1.29 is 15.3 Å². The fraction of sp³-hybridized carbons (Fsp3) is 1.00. The van der Waals surface area contributed by atoms with Gasteiger partial charge in [0.1, 0.15) is 0 Å². The molecule has 0 bridgehead atoms. The number of unbranched alkanes of at least 4 members (excludes halogenated alkanes) is 36. The maximum atomic E-state index is 11.1. The quantitative estimate of drug-likeness (QED) is 0.0411. The van der Waals surface area contributed by atoms with E-state index in [0.29, 0.717) is 13.1 Å². The van der Waals surface area contributed by atoms with Gasteiger partial charge in [-0.05, 0) is 19.3 Å². The van der Waals surface area contributed by atoms with Crippen molar-refractivity contribution in [1.82, 2.24) is 14.7 Å². The lowest BCUT2D eigenvalue weighted by atomic mass is 10.0. The van der Waals surface area contributed by atoms with Crippen LogP contribution in [-0.2, 0) is 0 Å². The van der Waals surface area contributed by atoms with E-state index in [9.17, 15) is 15.3 Å². The van der Waals surface area contributed by atoms with E-state index < -0.39 is 0 Å². The van der Waals surface area contributed by atoms with Crippen molar-refractivity contribution in [3.8, 4) is 0 Å². The highest BCUT2D eigenvalue weighted by atomic mass is 33.1. The van der Waals surface area contributed by atoms with Gasteiger partial charge in [0.05, 0.1) is 18.3 Å². The highest BCUT2D eigenvalue weighted by Gasteiger charge is 2.20. The van der Waals surface area contributed by atoms with Crippen LogP contribution in [0.2, 0.25) is 0 Å². The summed E-state index contributed by atoms with van der Waals surface area (Å²) >= 11 is 0. The van der Waals surface area contributed by atoms with Crippen molar-refractivity contribution in [2.75, 3.05) is 70.4 Å². The number of hydrogen-bond donors (Lipinski definition) is 3. The molecule has 8 heteroatoms. The van der Waals surface area contributed by atoms with Crippen LogP contribution in [0, 0.1) is 0 Å². The first kappa shape index (κ1) is 65.5. The minimum atomic E-state index is -0.298. The molecule has 67 heavy (non-hydrogen) atoms. The first-order valence-electron chi connectivity index (χ1n) is 30.4. The van der Waals surface area contributed by atoms with Crippen LogP contribution in [0.25, 0.3) is 0 Å². The molecule has 3 atom stereocenters. The molecule has 1 saturated heterocycles. The Morgan fingerprint density at radius 1 is 0.343 bits per heavy atom. The summed E-state index contributed by atoms with van der Waals surface area (Å²) in [6.45, 7) is 15.5. The van der Waals surface area contributed by atoms with Gasteiger partial charge in [-0.2, -0.15) is 0 Å². The van der Waals surface area contributed by atoms with Crippen molar-refractivity contribution in [3.63, 3.8) is 0 Å². The summed E-state index contributed by atoms with van der Waals surface area (Å²) in [7, 11) is 3.96. The molecule has 1 fully saturated rings. The highest BCUT2D eigenvalue weighted by Crippen LogP contribution is 2.23. The number of hydrogen-bond acceptors (Lipinski definition) is 8. The smallest absolute Gasteiger partial charge is 0.0667 e. The van der Waals surface area contributed by atoms with Gasteiger partial charge in [0.2, 0.25) is 0 Å². The number of nitrogens with zero attached hydrogens (tertiary/aromatic N) is 3. The van der Waals surface area contributed by atoms with Crippen LogP contribution in [0.4, 0.5) is 0 Å². The fourth-order valence-electron chi connectivity index (χ4n) is 10.3. The summed E-state index contributed by atoms with van der Waals surface area (Å²) in [4.78, 5) is 7.47. The second-order valence-corrected chi connectivity index (χ2v) is 24.3. The van der Waals surface area contributed by atoms with E-state index in [-0.39, 0.29) is 18.3 Å². The van der Waals surface area contributed by atoms with E-state index >= 15 is 0 Å². The largest absolute Gasteiger partial charge is 0.392 e. The average molecular weight is 985 g/mol. The van der Waals surface area contributed by atoms with Crippen LogP contribution in [0.1, 0.15) is 290 Å². The number of rotatable bonds is 55. The zero-order valence-electron chi connectivity index (χ0n) is 45.7. The predicted octanol–water partition coefficient (Wildman–Crippen LogP) is 16.8. The summed E-state index contributed by atoms with van der Waals surface area (Å²) in [6.07, 6.45) is 55.0. The number of β-amino-alcohol motifs (C(OH)–C–C–N with tert-alkyl or cyclic N) is 1. The Labute approximate surface area is 428 Å². The summed E-state index contributed by atoms with van der Waals surface area (Å²) in [6, 6.07) is 0. The second-order valence-electron chi connectivity index (χ2n) is 21.6. The zero-order chi connectivity index (χ0) is 48.4. The number of piperazine rings is 1. The molecule has 0 saturated carbocycles. The summed E-state index contributed by atoms with van der Waals surface area (Å²) in [5.74, 6) is 2.17. The van der Waals surface area contributed by atoms with Gasteiger partial charge in [-0.3, -0.25) is 14.7 Å². The molecule has 402 valence electrons. The summed E-state index contributed by atoms with van der Waals surface area (Å²) in [5, 5.41) is 33.0. The van der Waals surface area contributed by atoms with E-state index in [4.69, 9.17) is 0 Å². The Morgan fingerprint density at radius 3 is 0.940 bits per heavy atom. The second kappa shape index (κ2) is 52.8. The summed E-state index contributed by atoms with van der Waals surface area (Å²) < 4.78 is 0. The molecule has 1 aliphatic rings. The molecule has 0 amide bonds. The number of aliphatic hydroxyl groups is 3. The Morgan fingerprint density at radius 2 is 0.612 bits per heavy atom. The average Bonchev–Trinajstić information content (AvgIpc) is 3.32. The molecule has 3 N–H and O–H groups in total. The highest BCUT2D eigenvalue weighted by molar-refractivity contribution is 8.76. The third kappa shape index (κ3) is 47.2. The topological polar surface area (TPSA) is 70.4 Å². The van der Waals surface area contributed by atoms with Gasteiger partial charge in [0.25, 0.3) is 0 Å². The van der Waals surface area contributed by atoms with E-state index in [1.54, 1.807) is 0 Å². The zero-order valence-corrected chi connectivity index (χ0v) is 47.3. The van der Waals surface area contributed by atoms with Gasteiger partial charge in [-0.25, -0.2) is 0 Å². The van der Waals surface area contributed by atoms with Crippen molar-refractivity contribution in [1.29, 1.82) is 0 Å². The lowest BCUT2D eigenvalue weighted by Gasteiger charge is -2.35. The van der Waals surface area contributed by atoms with Crippen molar-refractivity contribution >= 4 is 21.6 Å². The first-order chi connectivity index (χ1) is 33.0. The summed E-state index contributed by atoms with van der Waals surface area (Å²) in [5.41, 5.74) is 0. The van der Waals surface area contributed by atoms with Crippen LogP contribution in [-0.4, -0.2) is 119 Å². The SMILES string of the molecule is CCCCCCCCCCCCCCCC(O)CN1CCN(CCSSCCN(CC(O)CCCCCCCCCCCCCCC)C[C@H](O)CCCCCCCCCCCCCCC)CC1. The van der Waals surface area contributed by atoms with Gasteiger partial charge >= 0.3 is 0 Å². The minimum Gasteiger partial charge on any atom is -0.392 e. The normalized spacial score (nSPS) is 15.3. The maximum absolute atomic E-state index is 11.1. The van der Waals surface area contributed by atoms with E-state index in [1.165, 1.54) is 238 Å². The molecule has 0 aromatic rings. The lowest BCUT2D eigenvalue weighted by Crippen LogP contribution is -2.48. The predicted molar refractivity (Wildman–Crippen MR) is 303 cm³/mol. The Kier molecular flexibility index (Phi) is 51.6. The molecule has 1 heterocycles. The van der Waals surface area contributed by atoms with Crippen molar-refractivity contribution in [3.05, 3.63) is 0 Å². The Bertz CT molecular complexity index is 906. The minimum absolute atomic E-state index is 0.175. The number of aliphatic hydroxyl groups excluding tert-OH is 3. The Balaban J connectivity index is 2.24. The van der Waals surface area contributed by atoms with Gasteiger partial charge in [0, 0.05) is 70.4 Å². The van der Waals surface area contributed by atoms with Crippen LogP contribution >= 0.6 is 21.6 Å². The lowest BCUT2D eigenvalue weighted by molar-refractivity contribution is 0.0639. The van der Waals surface area contributed by atoms with Gasteiger partial charge < -0.3 is 15.3 Å². The molecular formula is C59H121N3O3S2. The molecule has 2 unspecified atom stereocenters. The Hall–Kier alpha value is 0.460. The van der Waals surface area contributed by atoms with Crippen LogP contribution in [0.5, 0.6) is 0 Å². The fourth-order valence-corrected chi connectivity index (χ4v) is 12.3. The van der Waals surface area contributed by atoms with Crippen molar-refractivity contribution in [2.45, 2.75) is 309 Å². The van der Waals surface area contributed by atoms with E-state index in [1.807, 2.05) is 21.6 Å². The van der Waals surface area contributed by atoms with E-state index in [0.717, 1.165) is 89.4 Å². The van der Waals surface area contributed by atoms with Crippen LogP contribution in [0.15, 0.2) is 0 Å². The maximum Gasteiger partial charge on any atom is 0.0667 e. The van der Waals surface area contributed by atoms with Crippen LogP contribution < -0.4 is 0 Å². The first-order valence-corrected chi connectivity index (χ1v) is 32.9. The van der Waals surface area contributed by atoms with Crippen LogP contribution in [0.3, 0.4) is 0 Å². The van der Waals surface area contributed by atoms with E-state index in [2.05, 4.69) is 35.5 Å². The monoisotopic (exact) mass is 984 g/mol. The molecule has 0 aliphatic carbocycles. The molecule has 0 aromatic carbocycles. The standard InChI is InChI=1S/C59H121N3O3S2/c1-4-7-10-13-16-19-22-25-28-31-34-37-40-43-57(63)54-61-48-46-60(47-49-61)50-52-66-67-53-51-62(55-58(64)44-41-38-35-32-29-26-23-20-17-14-11-8-5-2)56-59(65)45-42-39-36-33-30-27-24-21-18-15-12-9-6-3/h57-59,63-65H,4-56H2,1-3H3/t57?,58-,59?/m1/s1. The third-order valence-electron chi connectivity index (χ3n) is 14.9. The molecule has 0 radical (unpaired) electrons. The van der Waals surface area contributed by atoms with Gasteiger partial charge in [0.15, 0.2) is 0 Å².